The summed E-state index contributed by atoms with van der Waals surface area (Å²) < 4.78 is 37.2. The topological polar surface area (TPSA) is 96.4 Å². The Morgan fingerprint density at radius 2 is 1.06 bits per heavy atom. The average molecular weight is 499 g/mol. The number of hydrogen-bond donors (Lipinski definition) is 1. The van der Waals surface area contributed by atoms with Crippen molar-refractivity contribution in [2.24, 2.45) is 0 Å². The molecule has 5 heterocycles. The van der Waals surface area contributed by atoms with Crippen molar-refractivity contribution in [1.29, 1.82) is 0 Å². The molecule has 5 unspecified atom stereocenters. The predicted octanol–water partition coefficient (Wildman–Crippen LogP) is 2.34. The van der Waals surface area contributed by atoms with E-state index < -0.39 is 0 Å². The van der Waals surface area contributed by atoms with Gasteiger partial charge in [0.2, 0.25) is 0 Å². The first kappa shape index (κ1) is 23.8. The minimum Gasteiger partial charge on any atom is -0.491 e. The molecule has 0 bridgehead atoms. The van der Waals surface area contributed by atoms with E-state index in [9.17, 15) is 0 Å². The van der Waals surface area contributed by atoms with Gasteiger partial charge in [-0.25, -0.2) is 0 Å². The lowest BCUT2D eigenvalue weighted by Crippen LogP contribution is -2.31. The molecule has 194 valence electrons. The molecule has 0 aromatic heterocycles. The van der Waals surface area contributed by atoms with Crippen LogP contribution >= 0.6 is 0 Å². The highest BCUT2D eigenvalue weighted by Crippen LogP contribution is 2.25. The van der Waals surface area contributed by atoms with Crippen LogP contribution in [0.2, 0.25) is 0 Å². The normalized spacial score (nSPS) is 28.3. The third-order valence-electron chi connectivity index (χ3n) is 6.32. The standard InChI is InChI=1S/C15H19NO4.C12H15NO3/c1-3-12(17-9-15-10-20-15)4-2-11(1)16(5-13-7-18-13)6-14-8-19-14;1-3-10(14-7-12-8-16-12)4-2-9(1)13-5-11-6-15-11/h1-4,13-15H,5-10H2;1-4,11-13H,5-8H2. The van der Waals surface area contributed by atoms with Crippen LogP contribution in [-0.2, 0) is 23.7 Å². The van der Waals surface area contributed by atoms with Crippen LogP contribution in [0.1, 0.15) is 0 Å². The molecule has 5 saturated heterocycles. The number of nitrogens with zero attached hydrogens (tertiary/aromatic N) is 1. The fourth-order valence-corrected chi connectivity index (χ4v) is 3.67. The Balaban J connectivity index is 0.000000137. The molecular formula is C27H34N2O7. The van der Waals surface area contributed by atoms with Crippen molar-refractivity contribution in [1.82, 2.24) is 0 Å². The molecule has 2 aromatic carbocycles. The van der Waals surface area contributed by atoms with Gasteiger partial charge in [0.15, 0.2) is 0 Å². The molecule has 5 fully saturated rings. The zero-order valence-corrected chi connectivity index (χ0v) is 20.4. The highest BCUT2D eigenvalue weighted by atomic mass is 16.6. The van der Waals surface area contributed by atoms with E-state index in [0.29, 0.717) is 43.7 Å². The van der Waals surface area contributed by atoms with E-state index >= 15 is 0 Å². The van der Waals surface area contributed by atoms with Crippen LogP contribution in [0.15, 0.2) is 48.5 Å². The molecule has 5 aliphatic rings. The maximum absolute atomic E-state index is 5.66. The second-order valence-electron chi connectivity index (χ2n) is 9.70. The van der Waals surface area contributed by atoms with E-state index in [2.05, 4.69) is 22.3 Å². The molecule has 36 heavy (non-hydrogen) atoms. The maximum Gasteiger partial charge on any atom is 0.119 e. The molecule has 0 spiro atoms. The molecule has 2 aromatic rings. The second-order valence-corrected chi connectivity index (χ2v) is 9.70. The molecule has 0 amide bonds. The fourth-order valence-electron chi connectivity index (χ4n) is 3.67. The summed E-state index contributed by atoms with van der Waals surface area (Å²) in [7, 11) is 0. The van der Waals surface area contributed by atoms with Gasteiger partial charge >= 0.3 is 0 Å². The largest absolute Gasteiger partial charge is 0.491 e. The summed E-state index contributed by atoms with van der Waals surface area (Å²) >= 11 is 0. The van der Waals surface area contributed by atoms with Crippen LogP contribution in [0.5, 0.6) is 11.5 Å². The molecule has 0 saturated carbocycles. The minimum atomic E-state index is 0.296. The monoisotopic (exact) mass is 498 g/mol. The first-order valence-corrected chi connectivity index (χ1v) is 12.8. The van der Waals surface area contributed by atoms with Crippen LogP contribution in [-0.4, -0.2) is 96.4 Å². The van der Waals surface area contributed by atoms with Crippen molar-refractivity contribution in [3.8, 4) is 11.5 Å². The van der Waals surface area contributed by atoms with Crippen LogP contribution in [0.3, 0.4) is 0 Å². The van der Waals surface area contributed by atoms with Crippen molar-refractivity contribution in [2.75, 3.05) is 76.1 Å². The summed E-state index contributed by atoms with van der Waals surface area (Å²) in [4.78, 5) is 2.34. The summed E-state index contributed by atoms with van der Waals surface area (Å²) in [5, 5.41) is 3.31. The van der Waals surface area contributed by atoms with E-state index in [1.54, 1.807) is 0 Å². The minimum absolute atomic E-state index is 0.296. The highest BCUT2D eigenvalue weighted by molar-refractivity contribution is 5.50. The summed E-state index contributed by atoms with van der Waals surface area (Å²) in [6.07, 6.45) is 1.78. The van der Waals surface area contributed by atoms with Crippen molar-refractivity contribution in [3.63, 3.8) is 0 Å². The lowest BCUT2D eigenvalue weighted by atomic mass is 10.2. The summed E-state index contributed by atoms with van der Waals surface area (Å²) in [6, 6.07) is 16.2. The lowest BCUT2D eigenvalue weighted by molar-refractivity contribution is 0.263. The molecule has 0 radical (unpaired) electrons. The molecule has 9 heteroatoms. The Morgan fingerprint density at radius 3 is 1.50 bits per heavy atom. The maximum atomic E-state index is 5.66. The van der Waals surface area contributed by atoms with E-state index in [-0.39, 0.29) is 0 Å². The number of ether oxygens (including phenoxy) is 7. The first-order chi connectivity index (χ1) is 17.8. The third kappa shape index (κ3) is 8.25. The number of anilines is 2. The van der Waals surface area contributed by atoms with Gasteiger partial charge in [-0.2, -0.15) is 0 Å². The van der Waals surface area contributed by atoms with Gasteiger partial charge in [0.1, 0.15) is 36.9 Å². The number of hydrogen-bond acceptors (Lipinski definition) is 9. The quantitative estimate of drug-likeness (QED) is 0.394. The lowest BCUT2D eigenvalue weighted by Gasteiger charge is -2.23. The Labute approximate surface area is 211 Å². The SMILES string of the molecule is c1cc(N(CC2CO2)CC2CO2)ccc1OCC1CO1.c1cc(OCC2CO2)ccc1NCC1CO1. The molecule has 5 atom stereocenters. The van der Waals surface area contributed by atoms with Gasteiger partial charge in [-0.05, 0) is 48.5 Å². The molecule has 1 N–H and O–H groups in total. The van der Waals surface area contributed by atoms with E-state index in [1.807, 2.05) is 36.4 Å². The van der Waals surface area contributed by atoms with Crippen LogP contribution < -0.4 is 19.7 Å². The van der Waals surface area contributed by atoms with Gasteiger partial charge in [0.05, 0.1) is 51.3 Å². The smallest absolute Gasteiger partial charge is 0.119 e. The van der Waals surface area contributed by atoms with Crippen LogP contribution in [0, 0.1) is 0 Å². The third-order valence-corrected chi connectivity index (χ3v) is 6.32. The predicted molar refractivity (Wildman–Crippen MR) is 133 cm³/mol. The fraction of sp³-hybridized carbons (Fsp3) is 0.556. The molecular weight excluding hydrogens is 464 g/mol. The van der Waals surface area contributed by atoms with Crippen molar-refractivity contribution >= 4 is 11.4 Å². The van der Waals surface area contributed by atoms with Gasteiger partial charge in [0.25, 0.3) is 0 Å². The first-order valence-electron chi connectivity index (χ1n) is 12.8. The van der Waals surface area contributed by atoms with Gasteiger partial charge in [-0.1, -0.05) is 0 Å². The Kier molecular flexibility index (Phi) is 7.43. The van der Waals surface area contributed by atoms with Gasteiger partial charge in [-0.3, -0.25) is 0 Å². The van der Waals surface area contributed by atoms with E-state index in [0.717, 1.165) is 69.9 Å². The van der Waals surface area contributed by atoms with Crippen molar-refractivity contribution in [3.05, 3.63) is 48.5 Å². The Bertz CT molecular complexity index is 904. The highest BCUT2D eigenvalue weighted by Gasteiger charge is 2.31. The van der Waals surface area contributed by atoms with E-state index in [4.69, 9.17) is 33.2 Å². The number of benzene rings is 2. The van der Waals surface area contributed by atoms with Crippen molar-refractivity contribution in [2.45, 2.75) is 30.5 Å². The number of epoxide rings is 5. The van der Waals surface area contributed by atoms with Gasteiger partial charge in [0, 0.05) is 31.0 Å². The number of nitrogens with one attached hydrogen (secondary N) is 1. The molecule has 5 aliphatic heterocycles. The Hall–Kier alpha value is -2.56. The summed E-state index contributed by atoms with van der Waals surface area (Å²) in [5.41, 5.74) is 2.30. The van der Waals surface area contributed by atoms with E-state index in [1.165, 1.54) is 5.69 Å². The summed E-state index contributed by atoms with van der Waals surface area (Å²) in [5.74, 6) is 1.79. The average Bonchev–Trinajstić information content (AvgIpc) is 3.72. The second kappa shape index (κ2) is 11.2. The number of rotatable bonds is 14. The molecule has 9 nitrogen and oxygen atoms in total. The Morgan fingerprint density at radius 1 is 0.611 bits per heavy atom. The van der Waals surface area contributed by atoms with Crippen molar-refractivity contribution < 1.29 is 33.2 Å². The zero-order valence-electron chi connectivity index (χ0n) is 20.4. The zero-order chi connectivity index (χ0) is 24.2. The molecule has 0 aliphatic carbocycles. The van der Waals surface area contributed by atoms with Crippen LogP contribution in [0.4, 0.5) is 11.4 Å². The summed E-state index contributed by atoms with van der Waals surface area (Å²) in [6.45, 7) is 8.38. The van der Waals surface area contributed by atoms with Gasteiger partial charge in [-0.15, -0.1) is 0 Å². The van der Waals surface area contributed by atoms with Gasteiger partial charge < -0.3 is 43.4 Å². The molecule has 7 rings (SSSR count). The van der Waals surface area contributed by atoms with Crippen LogP contribution in [0.25, 0.3) is 0 Å².